The van der Waals surface area contributed by atoms with Gasteiger partial charge in [-0.3, -0.25) is 4.79 Å². The third kappa shape index (κ3) is 1.42. The maximum Gasteiger partial charge on any atom is 0.192 e. The number of rotatable bonds is 1. The number of nitrogens with zero attached hydrogens (tertiary/aromatic N) is 1. The molecule has 0 fully saturated rings. The molecule has 2 aromatic rings. The van der Waals surface area contributed by atoms with E-state index in [9.17, 15) is 4.79 Å². The highest BCUT2D eigenvalue weighted by molar-refractivity contribution is 6.10. The Morgan fingerprint density at radius 2 is 2.18 bits per heavy atom. The first-order valence-corrected chi connectivity index (χ1v) is 6.01. The summed E-state index contributed by atoms with van der Waals surface area (Å²) in [5.41, 5.74) is 3.34. The molecule has 1 aliphatic rings. The fourth-order valence-electron chi connectivity index (χ4n) is 2.64. The van der Waals surface area contributed by atoms with Gasteiger partial charge >= 0.3 is 0 Å². The topological polar surface area (TPSA) is 43.1 Å². The van der Waals surface area contributed by atoms with Gasteiger partial charge in [0.05, 0.1) is 5.56 Å². The van der Waals surface area contributed by atoms with Crippen LogP contribution in [0.5, 0.6) is 0 Å². The number of ketones is 1. The molecule has 3 rings (SSSR count). The van der Waals surface area contributed by atoms with E-state index in [1.165, 1.54) is 0 Å². The SMILES string of the molecule is Cc1nc2ccc3c(c2o1)C(=O)C(C(C)C)C3. The van der Waals surface area contributed by atoms with Crippen LogP contribution >= 0.6 is 0 Å². The van der Waals surface area contributed by atoms with Crippen molar-refractivity contribution in [1.82, 2.24) is 4.98 Å². The molecule has 1 unspecified atom stereocenters. The number of carbonyl (C=O) groups is 1. The van der Waals surface area contributed by atoms with Crippen LogP contribution < -0.4 is 0 Å². The van der Waals surface area contributed by atoms with Gasteiger partial charge in [-0.05, 0) is 24.0 Å². The van der Waals surface area contributed by atoms with E-state index < -0.39 is 0 Å². The van der Waals surface area contributed by atoms with Gasteiger partial charge in [0.25, 0.3) is 0 Å². The van der Waals surface area contributed by atoms with E-state index in [0.717, 1.165) is 23.1 Å². The van der Waals surface area contributed by atoms with Gasteiger partial charge in [-0.15, -0.1) is 0 Å². The van der Waals surface area contributed by atoms with E-state index in [1.807, 2.05) is 19.1 Å². The van der Waals surface area contributed by atoms with Crippen molar-refractivity contribution in [2.24, 2.45) is 11.8 Å². The summed E-state index contributed by atoms with van der Waals surface area (Å²) in [5, 5.41) is 0. The molecule has 1 heterocycles. The predicted molar refractivity (Wildman–Crippen MR) is 65.1 cm³/mol. The van der Waals surface area contributed by atoms with Crippen molar-refractivity contribution >= 4 is 16.9 Å². The monoisotopic (exact) mass is 229 g/mol. The molecule has 0 amide bonds. The molecule has 88 valence electrons. The Morgan fingerprint density at radius 3 is 2.88 bits per heavy atom. The molecule has 1 aromatic carbocycles. The molecular weight excluding hydrogens is 214 g/mol. The fourth-order valence-corrected chi connectivity index (χ4v) is 2.64. The lowest BCUT2D eigenvalue weighted by molar-refractivity contribution is 0.0907. The zero-order valence-corrected chi connectivity index (χ0v) is 10.3. The zero-order chi connectivity index (χ0) is 12.2. The molecule has 17 heavy (non-hydrogen) atoms. The Kier molecular flexibility index (Phi) is 2.12. The Hall–Kier alpha value is -1.64. The Bertz CT molecular complexity index is 610. The summed E-state index contributed by atoms with van der Waals surface area (Å²) < 4.78 is 5.58. The molecule has 0 saturated heterocycles. The minimum Gasteiger partial charge on any atom is -0.440 e. The number of aromatic nitrogens is 1. The van der Waals surface area contributed by atoms with Crippen LogP contribution in [0.15, 0.2) is 16.5 Å². The van der Waals surface area contributed by atoms with E-state index in [0.29, 0.717) is 17.4 Å². The van der Waals surface area contributed by atoms with Crippen LogP contribution in [0.25, 0.3) is 11.1 Å². The maximum absolute atomic E-state index is 12.4. The van der Waals surface area contributed by atoms with Gasteiger partial charge in [0.1, 0.15) is 5.52 Å². The number of fused-ring (bicyclic) bond motifs is 3. The summed E-state index contributed by atoms with van der Waals surface area (Å²) in [6, 6.07) is 3.96. The number of aryl methyl sites for hydroxylation is 1. The second-order valence-electron chi connectivity index (χ2n) is 5.10. The summed E-state index contributed by atoms with van der Waals surface area (Å²) in [6.45, 7) is 6.00. The molecule has 1 atom stereocenters. The zero-order valence-electron chi connectivity index (χ0n) is 10.3. The third-order valence-corrected chi connectivity index (χ3v) is 3.58. The van der Waals surface area contributed by atoms with Gasteiger partial charge in [0, 0.05) is 12.8 Å². The summed E-state index contributed by atoms with van der Waals surface area (Å²) in [4.78, 5) is 16.6. The van der Waals surface area contributed by atoms with Crippen LogP contribution in [-0.4, -0.2) is 10.8 Å². The quantitative estimate of drug-likeness (QED) is 0.754. The third-order valence-electron chi connectivity index (χ3n) is 3.58. The molecule has 0 bridgehead atoms. The van der Waals surface area contributed by atoms with Crippen LogP contribution in [0.2, 0.25) is 0 Å². The van der Waals surface area contributed by atoms with Crippen LogP contribution in [0.1, 0.15) is 35.7 Å². The smallest absolute Gasteiger partial charge is 0.192 e. The standard InChI is InChI=1S/C14H15NO2/c1-7(2)10-6-9-4-5-11-14(12(9)13(10)16)17-8(3)15-11/h4-5,7,10H,6H2,1-3H3. The van der Waals surface area contributed by atoms with E-state index in [-0.39, 0.29) is 11.7 Å². The molecule has 1 aromatic heterocycles. The fraction of sp³-hybridized carbons (Fsp3) is 0.429. The highest BCUT2D eigenvalue weighted by atomic mass is 16.3. The van der Waals surface area contributed by atoms with Crippen LogP contribution in [0.4, 0.5) is 0 Å². The Labute approximate surface area is 99.8 Å². The van der Waals surface area contributed by atoms with E-state index in [4.69, 9.17) is 4.42 Å². The molecule has 3 nitrogen and oxygen atoms in total. The highest BCUT2D eigenvalue weighted by Gasteiger charge is 2.35. The van der Waals surface area contributed by atoms with Crippen molar-refractivity contribution in [3.05, 3.63) is 29.2 Å². The van der Waals surface area contributed by atoms with Crippen molar-refractivity contribution in [2.45, 2.75) is 27.2 Å². The largest absolute Gasteiger partial charge is 0.440 e. The second kappa shape index (κ2) is 3.42. The first kappa shape index (κ1) is 10.5. The summed E-state index contributed by atoms with van der Waals surface area (Å²) in [5.74, 6) is 1.31. The van der Waals surface area contributed by atoms with Crippen LogP contribution in [-0.2, 0) is 6.42 Å². The molecular formula is C14H15NO2. The molecule has 0 spiro atoms. The van der Waals surface area contributed by atoms with Gasteiger partial charge in [-0.25, -0.2) is 4.98 Å². The van der Waals surface area contributed by atoms with E-state index >= 15 is 0 Å². The maximum atomic E-state index is 12.4. The summed E-state index contributed by atoms with van der Waals surface area (Å²) in [6.07, 6.45) is 0.835. The number of benzene rings is 1. The second-order valence-corrected chi connectivity index (χ2v) is 5.10. The Morgan fingerprint density at radius 1 is 1.41 bits per heavy atom. The first-order chi connectivity index (χ1) is 8.08. The van der Waals surface area contributed by atoms with Gasteiger partial charge in [-0.1, -0.05) is 19.9 Å². The van der Waals surface area contributed by atoms with Crippen molar-refractivity contribution in [3.63, 3.8) is 0 Å². The molecule has 0 N–H and O–H groups in total. The number of oxazole rings is 1. The van der Waals surface area contributed by atoms with Crippen molar-refractivity contribution in [1.29, 1.82) is 0 Å². The molecule has 3 heteroatoms. The van der Waals surface area contributed by atoms with E-state index in [1.54, 1.807) is 0 Å². The molecule has 0 radical (unpaired) electrons. The van der Waals surface area contributed by atoms with Gasteiger partial charge < -0.3 is 4.42 Å². The first-order valence-electron chi connectivity index (χ1n) is 6.01. The molecule has 0 aliphatic heterocycles. The van der Waals surface area contributed by atoms with Crippen LogP contribution in [0, 0.1) is 18.8 Å². The van der Waals surface area contributed by atoms with Crippen molar-refractivity contribution < 1.29 is 9.21 Å². The molecule has 1 aliphatic carbocycles. The minimum atomic E-state index is 0.0982. The summed E-state index contributed by atoms with van der Waals surface area (Å²) >= 11 is 0. The van der Waals surface area contributed by atoms with Crippen molar-refractivity contribution in [2.75, 3.05) is 0 Å². The molecule has 0 saturated carbocycles. The normalized spacial score (nSPS) is 19.3. The van der Waals surface area contributed by atoms with Crippen LogP contribution in [0.3, 0.4) is 0 Å². The Balaban J connectivity index is 2.23. The van der Waals surface area contributed by atoms with E-state index in [2.05, 4.69) is 18.8 Å². The van der Waals surface area contributed by atoms with Gasteiger partial charge in [-0.2, -0.15) is 0 Å². The van der Waals surface area contributed by atoms with Crippen molar-refractivity contribution in [3.8, 4) is 0 Å². The predicted octanol–water partition coefficient (Wildman–Crippen LogP) is 3.15. The number of carbonyl (C=O) groups excluding carboxylic acids is 1. The average molecular weight is 229 g/mol. The van der Waals surface area contributed by atoms with Gasteiger partial charge in [0.2, 0.25) is 0 Å². The summed E-state index contributed by atoms with van der Waals surface area (Å²) in [7, 11) is 0. The highest BCUT2D eigenvalue weighted by Crippen LogP contribution is 2.36. The average Bonchev–Trinajstić information content (AvgIpc) is 2.78. The number of Topliss-reactive ketones (excluding diaryl/α,β-unsaturated/α-hetero) is 1. The number of hydrogen-bond acceptors (Lipinski definition) is 3. The van der Waals surface area contributed by atoms with Gasteiger partial charge in [0.15, 0.2) is 17.3 Å². The number of hydrogen-bond donors (Lipinski definition) is 0. The lowest BCUT2D eigenvalue weighted by Crippen LogP contribution is -2.15. The lowest BCUT2D eigenvalue weighted by atomic mass is 9.92. The minimum absolute atomic E-state index is 0.0982. The lowest BCUT2D eigenvalue weighted by Gasteiger charge is -2.10.